The summed E-state index contributed by atoms with van der Waals surface area (Å²) in [5.74, 6) is 0.769. The van der Waals surface area contributed by atoms with Crippen LogP contribution in [0, 0.1) is 0 Å². The molecule has 6 nitrogen and oxygen atoms in total. The minimum Gasteiger partial charge on any atom is -0.332 e. The Morgan fingerprint density at radius 2 is 1.88 bits per heavy atom. The van der Waals surface area contributed by atoms with Crippen LogP contribution in [0.15, 0.2) is 47.5 Å². The zero-order valence-electron chi connectivity index (χ0n) is 8.69. The summed E-state index contributed by atoms with van der Waals surface area (Å²) in [6, 6.07) is 5.50. The summed E-state index contributed by atoms with van der Waals surface area (Å²) in [5, 5.41) is 3.85. The maximum Gasteiger partial charge on any atom is 0.278 e. The van der Waals surface area contributed by atoms with Crippen molar-refractivity contribution >= 4 is 0 Å². The molecule has 3 rings (SSSR count). The fourth-order valence-electron chi connectivity index (χ4n) is 1.34. The highest BCUT2D eigenvalue weighted by Crippen LogP contribution is 2.17. The first kappa shape index (κ1) is 9.59. The number of hydrogen-bond acceptors (Lipinski definition) is 6. The molecule has 3 aromatic rings. The number of hydrogen-bond donors (Lipinski definition) is 0. The molecule has 0 spiro atoms. The van der Waals surface area contributed by atoms with Crippen LogP contribution >= 0.6 is 0 Å². The fourth-order valence-corrected chi connectivity index (χ4v) is 1.34. The predicted octanol–water partition coefficient (Wildman–Crippen LogP) is 1.59. The Labute approximate surface area is 96.4 Å². The van der Waals surface area contributed by atoms with Gasteiger partial charge in [-0.05, 0) is 12.1 Å². The van der Waals surface area contributed by atoms with Crippen LogP contribution in [0.5, 0.6) is 0 Å². The predicted molar refractivity (Wildman–Crippen MR) is 58.6 cm³/mol. The zero-order valence-corrected chi connectivity index (χ0v) is 8.69. The van der Waals surface area contributed by atoms with Crippen molar-refractivity contribution in [2.45, 2.75) is 0 Å². The molecule has 0 unspecified atom stereocenters. The van der Waals surface area contributed by atoms with Crippen LogP contribution in [-0.4, -0.2) is 25.1 Å². The lowest BCUT2D eigenvalue weighted by atomic mass is 10.3. The maximum atomic E-state index is 5.10. The molecule has 0 aliphatic carbocycles. The normalized spacial score (nSPS) is 10.4. The molecule has 0 atom stereocenters. The second-order valence-corrected chi connectivity index (χ2v) is 3.23. The first-order valence-electron chi connectivity index (χ1n) is 4.95. The Morgan fingerprint density at radius 3 is 2.65 bits per heavy atom. The molecule has 0 aliphatic heterocycles. The quantitative estimate of drug-likeness (QED) is 0.659. The Hall–Kier alpha value is -2.63. The van der Waals surface area contributed by atoms with Gasteiger partial charge in [0.1, 0.15) is 11.4 Å². The van der Waals surface area contributed by atoms with Gasteiger partial charge in [-0.1, -0.05) is 11.2 Å². The lowest BCUT2D eigenvalue weighted by Crippen LogP contribution is -1.86. The van der Waals surface area contributed by atoms with Gasteiger partial charge in [-0.3, -0.25) is 9.97 Å². The van der Waals surface area contributed by atoms with Crippen molar-refractivity contribution in [3.63, 3.8) is 0 Å². The Balaban J connectivity index is 1.99. The van der Waals surface area contributed by atoms with Gasteiger partial charge in [0.05, 0.1) is 6.20 Å². The summed E-state index contributed by atoms with van der Waals surface area (Å²) in [6.07, 6.45) is 6.39. The number of rotatable bonds is 2. The van der Waals surface area contributed by atoms with E-state index in [0.29, 0.717) is 23.1 Å². The van der Waals surface area contributed by atoms with Crippen molar-refractivity contribution in [3.8, 4) is 23.1 Å². The van der Waals surface area contributed by atoms with E-state index in [2.05, 4.69) is 25.1 Å². The van der Waals surface area contributed by atoms with E-state index in [1.165, 1.54) is 0 Å². The highest BCUT2D eigenvalue weighted by molar-refractivity contribution is 5.52. The van der Waals surface area contributed by atoms with Crippen LogP contribution in [-0.2, 0) is 0 Å². The fraction of sp³-hybridized carbons (Fsp3) is 0. The number of pyridine rings is 1. The standard InChI is InChI=1S/C11H7N5O/c1-2-4-13-8(3-1)10-15-11(17-16-10)9-7-12-5-6-14-9/h1-7H. The first-order chi connectivity index (χ1) is 8.43. The van der Waals surface area contributed by atoms with E-state index < -0.39 is 0 Å². The van der Waals surface area contributed by atoms with Gasteiger partial charge in [-0.2, -0.15) is 4.98 Å². The Bertz CT molecular complexity index is 554. The summed E-state index contributed by atoms with van der Waals surface area (Å²) in [6.45, 7) is 0. The zero-order chi connectivity index (χ0) is 11.5. The molecule has 0 bridgehead atoms. The van der Waals surface area contributed by atoms with Crippen LogP contribution in [0.4, 0.5) is 0 Å². The molecule has 0 amide bonds. The molecular formula is C11H7N5O. The Kier molecular flexibility index (Phi) is 2.31. The average Bonchev–Trinajstić information content (AvgIpc) is 2.90. The second-order valence-electron chi connectivity index (χ2n) is 3.23. The van der Waals surface area contributed by atoms with Crippen molar-refractivity contribution in [2.24, 2.45) is 0 Å². The van der Waals surface area contributed by atoms with E-state index in [-0.39, 0.29) is 0 Å². The van der Waals surface area contributed by atoms with Crippen molar-refractivity contribution in [1.29, 1.82) is 0 Å². The third-order valence-electron chi connectivity index (χ3n) is 2.10. The van der Waals surface area contributed by atoms with E-state index >= 15 is 0 Å². The van der Waals surface area contributed by atoms with E-state index in [9.17, 15) is 0 Å². The second kappa shape index (κ2) is 4.09. The highest BCUT2D eigenvalue weighted by Gasteiger charge is 2.11. The van der Waals surface area contributed by atoms with Gasteiger partial charge in [0.2, 0.25) is 5.82 Å². The summed E-state index contributed by atoms with van der Waals surface area (Å²) in [5.41, 5.74) is 1.20. The molecular weight excluding hydrogens is 218 g/mol. The molecule has 3 aromatic heterocycles. The van der Waals surface area contributed by atoms with Crippen molar-refractivity contribution in [3.05, 3.63) is 43.0 Å². The molecule has 82 valence electrons. The van der Waals surface area contributed by atoms with Crippen molar-refractivity contribution in [2.75, 3.05) is 0 Å². The molecule has 0 N–H and O–H groups in total. The highest BCUT2D eigenvalue weighted by atomic mass is 16.5. The van der Waals surface area contributed by atoms with E-state index in [4.69, 9.17) is 4.52 Å². The monoisotopic (exact) mass is 225 g/mol. The molecule has 17 heavy (non-hydrogen) atoms. The summed E-state index contributed by atoms with van der Waals surface area (Å²) in [4.78, 5) is 16.4. The van der Waals surface area contributed by atoms with Gasteiger partial charge in [-0.15, -0.1) is 0 Å². The van der Waals surface area contributed by atoms with Crippen molar-refractivity contribution in [1.82, 2.24) is 25.1 Å². The largest absolute Gasteiger partial charge is 0.332 e. The Morgan fingerprint density at radius 1 is 0.941 bits per heavy atom. The lowest BCUT2D eigenvalue weighted by Gasteiger charge is -1.90. The van der Waals surface area contributed by atoms with E-state index in [1.54, 1.807) is 24.8 Å². The van der Waals surface area contributed by atoms with Crippen molar-refractivity contribution < 1.29 is 4.52 Å². The molecule has 0 aliphatic rings. The third kappa shape index (κ3) is 1.87. The molecule has 0 aromatic carbocycles. The lowest BCUT2D eigenvalue weighted by molar-refractivity contribution is 0.430. The average molecular weight is 225 g/mol. The number of aromatic nitrogens is 5. The van der Waals surface area contributed by atoms with Gasteiger partial charge in [0, 0.05) is 18.6 Å². The smallest absolute Gasteiger partial charge is 0.278 e. The van der Waals surface area contributed by atoms with Gasteiger partial charge in [0.25, 0.3) is 5.89 Å². The van der Waals surface area contributed by atoms with Crippen LogP contribution in [0.2, 0.25) is 0 Å². The molecule has 0 saturated heterocycles. The summed E-state index contributed by atoms with van der Waals surface area (Å²) in [7, 11) is 0. The van der Waals surface area contributed by atoms with Crippen LogP contribution in [0.1, 0.15) is 0 Å². The van der Waals surface area contributed by atoms with Crippen LogP contribution in [0.3, 0.4) is 0 Å². The van der Waals surface area contributed by atoms with E-state index in [1.807, 2.05) is 18.2 Å². The maximum absolute atomic E-state index is 5.10. The first-order valence-corrected chi connectivity index (χ1v) is 4.95. The molecule has 0 fully saturated rings. The SMILES string of the molecule is c1ccc(-c2noc(-c3cnccn3)n2)nc1. The minimum absolute atomic E-state index is 0.332. The van der Waals surface area contributed by atoms with Crippen LogP contribution < -0.4 is 0 Å². The molecule has 0 saturated carbocycles. The molecule has 3 heterocycles. The van der Waals surface area contributed by atoms with Gasteiger partial charge >= 0.3 is 0 Å². The summed E-state index contributed by atoms with van der Waals surface area (Å²) < 4.78 is 5.10. The topological polar surface area (TPSA) is 77.6 Å². The van der Waals surface area contributed by atoms with Gasteiger partial charge < -0.3 is 4.52 Å². The van der Waals surface area contributed by atoms with E-state index in [0.717, 1.165) is 0 Å². The van der Waals surface area contributed by atoms with Gasteiger partial charge in [-0.25, -0.2) is 4.98 Å². The third-order valence-corrected chi connectivity index (χ3v) is 2.10. The molecule has 0 radical (unpaired) electrons. The van der Waals surface area contributed by atoms with Gasteiger partial charge in [0.15, 0.2) is 0 Å². The van der Waals surface area contributed by atoms with Crippen LogP contribution in [0.25, 0.3) is 23.1 Å². The summed E-state index contributed by atoms with van der Waals surface area (Å²) >= 11 is 0. The molecule has 6 heteroatoms. The number of nitrogens with zero attached hydrogens (tertiary/aromatic N) is 5. The minimum atomic E-state index is 0.332.